The van der Waals surface area contributed by atoms with Crippen molar-refractivity contribution < 1.29 is 18.4 Å². The molecule has 0 saturated carbocycles. The molecular weight excluding hydrogens is 249 g/mol. The molecule has 0 aliphatic rings. The highest BCUT2D eigenvalue weighted by Gasteiger charge is 2.14. The molecule has 4 nitrogen and oxygen atoms in total. The monoisotopic (exact) mass is 263 g/mol. The Kier molecular flexibility index (Phi) is 3.94. The van der Waals surface area contributed by atoms with Crippen LogP contribution in [0.2, 0.25) is 0 Å². The number of ether oxygens (including phenoxy) is 1. The van der Waals surface area contributed by atoms with E-state index >= 15 is 0 Å². The molecule has 0 saturated heterocycles. The Morgan fingerprint density at radius 1 is 1.42 bits per heavy atom. The van der Waals surface area contributed by atoms with E-state index in [-0.39, 0.29) is 5.56 Å². The summed E-state index contributed by atoms with van der Waals surface area (Å²) in [5, 5.41) is 3.73. The molecule has 1 aromatic carbocycles. The van der Waals surface area contributed by atoms with Gasteiger partial charge in [0.15, 0.2) is 0 Å². The molecule has 5 heteroatoms. The van der Waals surface area contributed by atoms with Crippen molar-refractivity contribution >= 4 is 5.97 Å². The molecule has 0 aliphatic heterocycles. The summed E-state index contributed by atoms with van der Waals surface area (Å²) in [6, 6.07) is 4.06. The number of nitrogens with zero attached hydrogens (tertiary/aromatic N) is 1. The zero-order valence-corrected chi connectivity index (χ0v) is 10.8. The number of hydrogen-bond acceptors (Lipinski definition) is 4. The van der Waals surface area contributed by atoms with Gasteiger partial charge in [-0.2, -0.15) is 0 Å². The summed E-state index contributed by atoms with van der Waals surface area (Å²) in [6.45, 7) is 2.01. The van der Waals surface area contributed by atoms with Crippen LogP contribution in [0.25, 0.3) is 11.1 Å². The van der Waals surface area contributed by atoms with Crippen molar-refractivity contribution in [2.75, 3.05) is 7.11 Å². The largest absolute Gasteiger partial charge is 0.465 e. The van der Waals surface area contributed by atoms with Crippen LogP contribution < -0.4 is 0 Å². The average molecular weight is 263 g/mol. The summed E-state index contributed by atoms with van der Waals surface area (Å²) in [5.74, 6) is -0.389. The molecule has 0 bridgehead atoms. The third-order valence-corrected chi connectivity index (χ3v) is 2.75. The summed E-state index contributed by atoms with van der Waals surface area (Å²) in [4.78, 5) is 11.5. The first-order chi connectivity index (χ1) is 9.15. The third kappa shape index (κ3) is 2.81. The van der Waals surface area contributed by atoms with Crippen molar-refractivity contribution in [3.05, 3.63) is 41.5 Å². The van der Waals surface area contributed by atoms with Gasteiger partial charge < -0.3 is 9.26 Å². The fraction of sp³-hybridized carbons (Fsp3) is 0.286. The molecule has 2 rings (SSSR count). The van der Waals surface area contributed by atoms with Crippen LogP contribution in [-0.2, 0) is 11.2 Å². The van der Waals surface area contributed by atoms with Gasteiger partial charge in [-0.05, 0) is 30.2 Å². The van der Waals surface area contributed by atoms with Gasteiger partial charge in [0.2, 0.25) is 0 Å². The van der Waals surface area contributed by atoms with E-state index in [1.807, 2.05) is 6.92 Å². The smallest absolute Gasteiger partial charge is 0.337 e. The minimum atomic E-state index is -0.575. The van der Waals surface area contributed by atoms with Crippen molar-refractivity contribution in [3.8, 4) is 11.1 Å². The number of carbonyl (C=O) groups is 1. The maximum atomic E-state index is 13.6. The van der Waals surface area contributed by atoms with Gasteiger partial charge in [-0.3, -0.25) is 0 Å². The second kappa shape index (κ2) is 5.65. The van der Waals surface area contributed by atoms with Gasteiger partial charge in [0, 0.05) is 12.0 Å². The Hall–Kier alpha value is -2.17. The van der Waals surface area contributed by atoms with E-state index in [1.54, 1.807) is 6.07 Å². The average Bonchev–Trinajstić information content (AvgIpc) is 2.86. The first-order valence-corrected chi connectivity index (χ1v) is 5.98. The number of aromatic nitrogens is 1. The van der Waals surface area contributed by atoms with Gasteiger partial charge >= 0.3 is 5.97 Å². The van der Waals surface area contributed by atoms with Crippen LogP contribution >= 0.6 is 0 Å². The van der Waals surface area contributed by atoms with Gasteiger partial charge in [0.05, 0.1) is 18.9 Å². The maximum Gasteiger partial charge on any atom is 0.337 e. The Labute approximate surface area is 110 Å². The second-order valence-corrected chi connectivity index (χ2v) is 4.13. The molecule has 0 atom stereocenters. The molecule has 2 aromatic rings. The summed E-state index contributed by atoms with van der Waals surface area (Å²) < 4.78 is 23.3. The van der Waals surface area contributed by atoms with E-state index in [4.69, 9.17) is 4.52 Å². The van der Waals surface area contributed by atoms with E-state index in [2.05, 4.69) is 9.89 Å². The van der Waals surface area contributed by atoms with E-state index < -0.39 is 11.8 Å². The van der Waals surface area contributed by atoms with Crippen molar-refractivity contribution in [1.29, 1.82) is 0 Å². The Bertz CT molecular complexity index is 592. The molecule has 0 radical (unpaired) electrons. The number of hydrogen-bond donors (Lipinski definition) is 0. The van der Waals surface area contributed by atoms with E-state index in [1.165, 1.54) is 19.4 Å². The van der Waals surface area contributed by atoms with Crippen molar-refractivity contribution in [2.24, 2.45) is 0 Å². The molecule has 0 spiro atoms. The normalized spacial score (nSPS) is 10.5. The lowest BCUT2D eigenvalue weighted by atomic mass is 10.0. The lowest BCUT2D eigenvalue weighted by Crippen LogP contribution is -2.02. The van der Waals surface area contributed by atoms with Crippen molar-refractivity contribution in [3.63, 3.8) is 0 Å². The Morgan fingerprint density at radius 2 is 2.21 bits per heavy atom. The highest BCUT2D eigenvalue weighted by Crippen LogP contribution is 2.26. The topological polar surface area (TPSA) is 52.3 Å². The predicted octanol–water partition coefficient (Wildman–Crippen LogP) is 3.22. The molecule has 0 aliphatic carbocycles. The van der Waals surface area contributed by atoms with Crippen molar-refractivity contribution in [1.82, 2.24) is 5.16 Å². The van der Waals surface area contributed by atoms with Crippen LogP contribution in [0.5, 0.6) is 0 Å². The fourth-order valence-corrected chi connectivity index (χ4v) is 1.89. The summed E-state index contributed by atoms with van der Waals surface area (Å²) in [7, 11) is 1.26. The molecule has 0 unspecified atom stereocenters. The minimum Gasteiger partial charge on any atom is -0.465 e. The number of methoxy groups -OCH3 is 1. The zero-order chi connectivity index (χ0) is 13.8. The predicted molar refractivity (Wildman–Crippen MR) is 67.2 cm³/mol. The highest BCUT2D eigenvalue weighted by molar-refractivity contribution is 5.91. The molecule has 1 heterocycles. The lowest BCUT2D eigenvalue weighted by molar-refractivity contribution is 0.0600. The fourth-order valence-electron chi connectivity index (χ4n) is 1.89. The van der Waals surface area contributed by atoms with Crippen LogP contribution in [0.1, 0.15) is 29.5 Å². The number of esters is 1. The van der Waals surface area contributed by atoms with Crippen LogP contribution in [-0.4, -0.2) is 18.2 Å². The number of carbonyl (C=O) groups excluding carboxylic acids is 1. The molecule has 19 heavy (non-hydrogen) atoms. The zero-order valence-electron chi connectivity index (χ0n) is 10.8. The SMILES string of the molecule is CCCc1oncc1-c1cc(F)cc(C(=O)OC)c1. The van der Waals surface area contributed by atoms with Crippen LogP contribution in [0.15, 0.2) is 28.9 Å². The van der Waals surface area contributed by atoms with Crippen LogP contribution in [0, 0.1) is 5.82 Å². The van der Waals surface area contributed by atoms with E-state index in [0.717, 1.165) is 12.5 Å². The third-order valence-electron chi connectivity index (χ3n) is 2.75. The minimum absolute atomic E-state index is 0.168. The Morgan fingerprint density at radius 3 is 2.89 bits per heavy atom. The molecule has 0 fully saturated rings. The van der Waals surface area contributed by atoms with Gasteiger partial charge in [-0.15, -0.1) is 0 Å². The number of halogens is 1. The standard InChI is InChI=1S/C14H14FNO3/c1-3-4-13-12(8-16-19-13)9-5-10(14(17)18-2)7-11(15)6-9/h5-8H,3-4H2,1-2H3. The number of benzene rings is 1. The lowest BCUT2D eigenvalue weighted by Gasteiger charge is -2.04. The highest BCUT2D eigenvalue weighted by atomic mass is 19.1. The first-order valence-electron chi connectivity index (χ1n) is 5.98. The van der Waals surface area contributed by atoms with E-state index in [0.29, 0.717) is 23.3 Å². The summed E-state index contributed by atoms with van der Waals surface area (Å²) in [6.07, 6.45) is 3.13. The van der Waals surface area contributed by atoms with Gasteiger partial charge in [-0.25, -0.2) is 9.18 Å². The van der Waals surface area contributed by atoms with Gasteiger partial charge in [-0.1, -0.05) is 12.1 Å². The molecule has 0 amide bonds. The molecular formula is C14H14FNO3. The van der Waals surface area contributed by atoms with Crippen LogP contribution in [0.3, 0.4) is 0 Å². The number of rotatable bonds is 4. The van der Waals surface area contributed by atoms with Gasteiger partial charge in [0.1, 0.15) is 11.6 Å². The quantitative estimate of drug-likeness (QED) is 0.795. The van der Waals surface area contributed by atoms with Crippen LogP contribution in [0.4, 0.5) is 4.39 Å². The van der Waals surface area contributed by atoms with Gasteiger partial charge in [0.25, 0.3) is 0 Å². The summed E-state index contributed by atoms with van der Waals surface area (Å²) >= 11 is 0. The maximum absolute atomic E-state index is 13.6. The first kappa shape index (κ1) is 13.3. The molecule has 0 N–H and O–H groups in total. The Balaban J connectivity index is 2.47. The number of aryl methyl sites for hydroxylation is 1. The molecule has 1 aromatic heterocycles. The second-order valence-electron chi connectivity index (χ2n) is 4.13. The van der Waals surface area contributed by atoms with Crippen molar-refractivity contribution in [2.45, 2.75) is 19.8 Å². The van der Waals surface area contributed by atoms with E-state index in [9.17, 15) is 9.18 Å². The molecule has 100 valence electrons. The summed E-state index contributed by atoms with van der Waals surface area (Å²) in [5.41, 5.74) is 1.43.